The normalized spacial score (nSPS) is 22.5. The maximum Gasteiger partial charge on any atom is 0.254 e. The predicted octanol–water partition coefficient (Wildman–Crippen LogP) is 2.47. The number of amides is 1. The van der Waals surface area contributed by atoms with Crippen LogP contribution in [0.4, 0.5) is 4.39 Å². The van der Waals surface area contributed by atoms with Gasteiger partial charge in [-0.1, -0.05) is 0 Å². The van der Waals surface area contributed by atoms with E-state index in [1.54, 1.807) is 12.1 Å². The second-order valence-corrected chi connectivity index (χ2v) is 5.43. The van der Waals surface area contributed by atoms with E-state index >= 15 is 0 Å². The molecule has 102 valence electrons. The molecule has 2 aliphatic rings. The molecule has 0 N–H and O–H groups in total. The van der Waals surface area contributed by atoms with Gasteiger partial charge in [0.25, 0.3) is 5.91 Å². The predicted molar refractivity (Wildman–Crippen MR) is 69.4 cm³/mol. The molecule has 3 rings (SSSR count). The summed E-state index contributed by atoms with van der Waals surface area (Å²) in [5.74, 6) is 0.165. The van der Waals surface area contributed by atoms with Crippen molar-refractivity contribution in [2.24, 2.45) is 5.92 Å². The summed E-state index contributed by atoms with van der Waals surface area (Å²) in [5, 5.41) is 0. The quantitative estimate of drug-likeness (QED) is 0.835. The fourth-order valence-electron chi connectivity index (χ4n) is 2.55. The van der Waals surface area contributed by atoms with E-state index in [2.05, 4.69) is 0 Å². The van der Waals surface area contributed by atoms with Crippen molar-refractivity contribution in [3.8, 4) is 0 Å². The van der Waals surface area contributed by atoms with Crippen molar-refractivity contribution in [1.82, 2.24) is 4.90 Å². The Balaban J connectivity index is 1.71. The standard InChI is InChI=1S/C15H18FNO2/c16-13-3-1-12(2-4-13)15(18)17(14-5-6-14)9-11-7-8-19-10-11/h1-4,11,14H,5-10H2/t11-/m1/s1. The van der Waals surface area contributed by atoms with Gasteiger partial charge in [-0.15, -0.1) is 0 Å². The number of rotatable bonds is 4. The second-order valence-electron chi connectivity index (χ2n) is 5.43. The number of carbonyl (C=O) groups is 1. The molecule has 0 spiro atoms. The molecule has 2 fully saturated rings. The number of halogens is 1. The minimum Gasteiger partial charge on any atom is -0.381 e. The largest absolute Gasteiger partial charge is 0.381 e. The van der Waals surface area contributed by atoms with Crippen LogP contribution in [-0.4, -0.2) is 36.6 Å². The van der Waals surface area contributed by atoms with E-state index in [0.29, 0.717) is 17.5 Å². The monoisotopic (exact) mass is 263 g/mol. The zero-order valence-corrected chi connectivity index (χ0v) is 10.8. The Morgan fingerprint density at radius 3 is 2.58 bits per heavy atom. The van der Waals surface area contributed by atoms with Crippen LogP contribution in [0.5, 0.6) is 0 Å². The van der Waals surface area contributed by atoms with Crippen LogP contribution in [0.3, 0.4) is 0 Å². The molecule has 0 bridgehead atoms. The minimum atomic E-state index is -0.307. The molecular weight excluding hydrogens is 245 g/mol. The van der Waals surface area contributed by atoms with Crippen LogP contribution >= 0.6 is 0 Å². The number of hydrogen-bond acceptors (Lipinski definition) is 2. The van der Waals surface area contributed by atoms with Gasteiger partial charge >= 0.3 is 0 Å². The van der Waals surface area contributed by atoms with Gasteiger partial charge in [-0.3, -0.25) is 4.79 Å². The summed E-state index contributed by atoms with van der Waals surface area (Å²) in [6.45, 7) is 2.31. The fraction of sp³-hybridized carbons (Fsp3) is 0.533. The van der Waals surface area contributed by atoms with Gasteiger partial charge in [-0.05, 0) is 43.5 Å². The summed E-state index contributed by atoms with van der Waals surface area (Å²) in [6, 6.07) is 6.20. The van der Waals surface area contributed by atoms with E-state index in [-0.39, 0.29) is 11.7 Å². The Hall–Kier alpha value is -1.42. The average Bonchev–Trinajstić information content (AvgIpc) is 3.13. The van der Waals surface area contributed by atoms with Crippen molar-refractivity contribution in [3.05, 3.63) is 35.6 Å². The molecular formula is C15H18FNO2. The van der Waals surface area contributed by atoms with E-state index in [1.807, 2.05) is 4.90 Å². The molecule has 0 aromatic heterocycles. The van der Waals surface area contributed by atoms with E-state index < -0.39 is 0 Å². The molecule has 0 unspecified atom stereocenters. The lowest BCUT2D eigenvalue weighted by molar-refractivity contribution is 0.0706. The molecule has 1 saturated heterocycles. The average molecular weight is 263 g/mol. The SMILES string of the molecule is O=C(c1ccc(F)cc1)N(C[C@H]1CCOC1)C1CC1. The zero-order chi connectivity index (χ0) is 13.2. The van der Waals surface area contributed by atoms with Crippen molar-refractivity contribution in [2.45, 2.75) is 25.3 Å². The van der Waals surface area contributed by atoms with Crippen molar-refractivity contribution < 1.29 is 13.9 Å². The maximum absolute atomic E-state index is 12.9. The first-order chi connectivity index (χ1) is 9.24. The van der Waals surface area contributed by atoms with Gasteiger partial charge in [0, 0.05) is 30.7 Å². The molecule has 4 heteroatoms. The first-order valence-electron chi connectivity index (χ1n) is 6.88. The molecule has 19 heavy (non-hydrogen) atoms. The molecule has 1 atom stereocenters. The first-order valence-corrected chi connectivity index (χ1v) is 6.88. The van der Waals surface area contributed by atoms with E-state index in [0.717, 1.165) is 39.0 Å². The lowest BCUT2D eigenvalue weighted by Gasteiger charge is -2.25. The Labute approximate surface area is 112 Å². The van der Waals surface area contributed by atoms with Crippen LogP contribution < -0.4 is 0 Å². The number of hydrogen-bond donors (Lipinski definition) is 0. The molecule has 1 heterocycles. The highest BCUT2D eigenvalue weighted by Gasteiger charge is 2.35. The third-order valence-corrected chi connectivity index (χ3v) is 3.82. The summed E-state index contributed by atoms with van der Waals surface area (Å²) in [4.78, 5) is 14.4. The van der Waals surface area contributed by atoms with Gasteiger partial charge < -0.3 is 9.64 Å². The highest BCUT2D eigenvalue weighted by molar-refractivity contribution is 5.94. The summed E-state index contributed by atoms with van der Waals surface area (Å²) >= 11 is 0. The lowest BCUT2D eigenvalue weighted by atomic mass is 10.1. The van der Waals surface area contributed by atoms with Gasteiger partial charge in [-0.25, -0.2) is 4.39 Å². The van der Waals surface area contributed by atoms with Crippen LogP contribution in [0.1, 0.15) is 29.6 Å². The molecule has 1 amide bonds. The Morgan fingerprint density at radius 1 is 1.26 bits per heavy atom. The summed E-state index contributed by atoms with van der Waals surface area (Å²) in [7, 11) is 0. The molecule has 1 aliphatic carbocycles. The van der Waals surface area contributed by atoms with Gasteiger partial charge in [0.05, 0.1) is 6.61 Å². The molecule has 1 aromatic rings. The molecule has 1 aliphatic heterocycles. The molecule has 3 nitrogen and oxygen atoms in total. The molecule has 0 radical (unpaired) electrons. The second kappa shape index (κ2) is 5.29. The third-order valence-electron chi connectivity index (χ3n) is 3.82. The maximum atomic E-state index is 12.9. The van der Waals surface area contributed by atoms with Crippen LogP contribution in [-0.2, 0) is 4.74 Å². The lowest BCUT2D eigenvalue weighted by Crippen LogP contribution is -2.37. The number of nitrogens with zero attached hydrogens (tertiary/aromatic N) is 1. The third kappa shape index (κ3) is 2.95. The van der Waals surface area contributed by atoms with Gasteiger partial charge in [0.1, 0.15) is 5.82 Å². The van der Waals surface area contributed by atoms with Crippen LogP contribution in [0, 0.1) is 11.7 Å². The van der Waals surface area contributed by atoms with Crippen molar-refractivity contribution in [1.29, 1.82) is 0 Å². The van der Waals surface area contributed by atoms with Crippen LogP contribution in [0.25, 0.3) is 0 Å². The first kappa shape index (κ1) is 12.6. The summed E-state index contributed by atoms with van der Waals surface area (Å²) in [6.07, 6.45) is 3.20. The number of ether oxygens (including phenoxy) is 1. The van der Waals surface area contributed by atoms with Crippen molar-refractivity contribution >= 4 is 5.91 Å². The summed E-state index contributed by atoms with van der Waals surface area (Å²) < 4.78 is 18.3. The summed E-state index contributed by atoms with van der Waals surface area (Å²) in [5.41, 5.74) is 0.576. The van der Waals surface area contributed by atoms with E-state index in [9.17, 15) is 9.18 Å². The van der Waals surface area contributed by atoms with Gasteiger partial charge in [0.15, 0.2) is 0 Å². The van der Waals surface area contributed by atoms with Crippen molar-refractivity contribution in [2.75, 3.05) is 19.8 Å². The fourth-order valence-corrected chi connectivity index (χ4v) is 2.55. The van der Waals surface area contributed by atoms with Crippen LogP contribution in [0.2, 0.25) is 0 Å². The van der Waals surface area contributed by atoms with Crippen LogP contribution in [0.15, 0.2) is 24.3 Å². The molecule has 1 saturated carbocycles. The smallest absolute Gasteiger partial charge is 0.254 e. The number of carbonyl (C=O) groups excluding carboxylic acids is 1. The van der Waals surface area contributed by atoms with Gasteiger partial charge in [-0.2, -0.15) is 0 Å². The minimum absolute atomic E-state index is 0.0226. The Morgan fingerprint density at radius 2 is 2.00 bits per heavy atom. The highest BCUT2D eigenvalue weighted by Crippen LogP contribution is 2.30. The highest BCUT2D eigenvalue weighted by atomic mass is 19.1. The van der Waals surface area contributed by atoms with Crippen molar-refractivity contribution in [3.63, 3.8) is 0 Å². The topological polar surface area (TPSA) is 29.5 Å². The number of benzene rings is 1. The Bertz CT molecular complexity index is 450. The van der Waals surface area contributed by atoms with Gasteiger partial charge in [0.2, 0.25) is 0 Å². The zero-order valence-electron chi connectivity index (χ0n) is 10.8. The van der Waals surface area contributed by atoms with E-state index in [4.69, 9.17) is 4.74 Å². The molecule has 1 aromatic carbocycles. The Kier molecular flexibility index (Phi) is 3.51. The van der Waals surface area contributed by atoms with E-state index in [1.165, 1.54) is 12.1 Å².